The van der Waals surface area contributed by atoms with Crippen LogP contribution in [-0.4, -0.2) is 65.3 Å². The molecule has 0 aliphatic carbocycles. The van der Waals surface area contributed by atoms with Gasteiger partial charge in [0.1, 0.15) is 0 Å². The number of methoxy groups -OCH3 is 1. The monoisotopic (exact) mass is 362 g/mol. The van der Waals surface area contributed by atoms with Crippen LogP contribution in [0, 0.1) is 10.1 Å². The number of ether oxygens (including phenoxy) is 2. The smallest absolute Gasteiger partial charge is 0.290 e. The Balaban J connectivity index is 2.13. The molecule has 0 bridgehead atoms. The number of nitro benzene ring substituents is 1. The van der Waals surface area contributed by atoms with Crippen LogP contribution < -0.4 is 5.56 Å². The number of carbonyl (C=O) groups is 1. The third-order valence-corrected chi connectivity index (χ3v) is 4.16. The van der Waals surface area contributed by atoms with Gasteiger partial charge in [-0.25, -0.2) is 4.98 Å². The van der Waals surface area contributed by atoms with Crippen molar-refractivity contribution in [3.8, 4) is 0 Å². The zero-order chi connectivity index (χ0) is 18.7. The molecule has 0 spiro atoms. The molecule has 2 aromatic rings. The molecule has 1 aliphatic rings. The minimum Gasteiger partial charge on any atom is -0.383 e. The van der Waals surface area contributed by atoms with E-state index in [4.69, 9.17) is 9.47 Å². The Labute approximate surface area is 148 Å². The zero-order valence-corrected chi connectivity index (χ0v) is 14.2. The highest BCUT2D eigenvalue weighted by Crippen LogP contribution is 2.18. The maximum absolute atomic E-state index is 12.9. The van der Waals surface area contributed by atoms with E-state index in [1.807, 2.05) is 0 Å². The van der Waals surface area contributed by atoms with Crippen LogP contribution in [0.3, 0.4) is 0 Å². The Hall–Kier alpha value is -2.85. The molecule has 1 aliphatic heterocycles. The number of hydrogen-bond acceptors (Lipinski definition) is 7. The zero-order valence-electron chi connectivity index (χ0n) is 14.2. The molecular weight excluding hydrogens is 344 g/mol. The number of morpholine rings is 1. The predicted octanol–water partition coefficient (Wildman–Crippen LogP) is 0.423. The lowest BCUT2D eigenvalue weighted by Crippen LogP contribution is -2.43. The van der Waals surface area contributed by atoms with E-state index in [0.717, 1.165) is 0 Å². The number of fused-ring (bicyclic) bond motifs is 1. The summed E-state index contributed by atoms with van der Waals surface area (Å²) in [7, 11) is 1.48. The van der Waals surface area contributed by atoms with Crippen molar-refractivity contribution in [3.63, 3.8) is 0 Å². The summed E-state index contributed by atoms with van der Waals surface area (Å²) in [5.41, 5.74) is -0.472. The van der Waals surface area contributed by atoms with Gasteiger partial charge in [-0.1, -0.05) is 0 Å². The third kappa shape index (κ3) is 3.41. The van der Waals surface area contributed by atoms with Crippen LogP contribution in [0.2, 0.25) is 0 Å². The molecule has 10 nitrogen and oxygen atoms in total. The van der Waals surface area contributed by atoms with Gasteiger partial charge in [-0.05, 0) is 6.07 Å². The molecule has 0 N–H and O–H groups in total. The van der Waals surface area contributed by atoms with E-state index in [9.17, 15) is 19.7 Å². The molecule has 1 amide bonds. The Morgan fingerprint density at radius 1 is 1.38 bits per heavy atom. The number of rotatable bonds is 5. The van der Waals surface area contributed by atoms with Crippen LogP contribution in [0.4, 0.5) is 5.69 Å². The number of carbonyl (C=O) groups excluding carboxylic acids is 1. The molecule has 2 heterocycles. The van der Waals surface area contributed by atoms with Gasteiger partial charge in [0.2, 0.25) is 5.82 Å². The molecule has 1 fully saturated rings. The Morgan fingerprint density at radius 2 is 2.12 bits per heavy atom. The normalized spacial score (nSPS) is 14.6. The number of benzene rings is 1. The van der Waals surface area contributed by atoms with E-state index in [0.29, 0.717) is 26.3 Å². The van der Waals surface area contributed by atoms with Crippen molar-refractivity contribution in [3.05, 3.63) is 44.5 Å². The van der Waals surface area contributed by atoms with E-state index in [1.165, 1.54) is 29.9 Å². The third-order valence-electron chi connectivity index (χ3n) is 4.16. The Morgan fingerprint density at radius 3 is 2.77 bits per heavy atom. The van der Waals surface area contributed by atoms with Gasteiger partial charge in [0.15, 0.2) is 0 Å². The molecule has 1 aromatic heterocycles. The van der Waals surface area contributed by atoms with Crippen molar-refractivity contribution in [1.82, 2.24) is 14.5 Å². The van der Waals surface area contributed by atoms with Gasteiger partial charge in [0.25, 0.3) is 17.2 Å². The summed E-state index contributed by atoms with van der Waals surface area (Å²) in [6.45, 7) is 1.99. The molecule has 1 saturated heterocycles. The standard InChI is InChI=1S/C16H18N4O6/c1-25-7-6-19-14(16(22)18-4-8-26-9-5-18)17-13-3-2-11(20(23)24)10-12(13)15(19)21/h2-3,10H,4-9H2,1H3. The molecule has 10 heteroatoms. The summed E-state index contributed by atoms with van der Waals surface area (Å²) in [4.78, 5) is 42.0. The fraction of sp³-hybridized carbons (Fsp3) is 0.438. The van der Waals surface area contributed by atoms with Gasteiger partial charge >= 0.3 is 0 Å². The lowest BCUT2D eigenvalue weighted by Gasteiger charge is -2.27. The fourth-order valence-corrected chi connectivity index (χ4v) is 2.78. The lowest BCUT2D eigenvalue weighted by atomic mass is 10.2. The van der Waals surface area contributed by atoms with Crippen molar-refractivity contribution < 1.29 is 19.2 Å². The highest BCUT2D eigenvalue weighted by Gasteiger charge is 2.25. The Bertz CT molecular complexity index is 903. The maximum Gasteiger partial charge on any atom is 0.290 e. The summed E-state index contributed by atoms with van der Waals surface area (Å²) in [6.07, 6.45) is 0. The summed E-state index contributed by atoms with van der Waals surface area (Å²) in [6, 6.07) is 3.82. The van der Waals surface area contributed by atoms with E-state index in [2.05, 4.69) is 4.98 Å². The first-order chi connectivity index (χ1) is 12.5. The summed E-state index contributed by atoms with van der Waals surface area (Å²) in [5.74, 6) is -0.378. The Kier molecular flexibility index (Phi) is 5.24. The van der Waals surface area contributed by atoms with Crippen LogP contribution in [0.15, 0.2) is 23.0 Å². The average molecular weight is 362 g/mol. The van der Waals surface area contributed by atoms with Crippen molar-refractivity contribution in [2.45, 2.75) is 6.54 Å². The second kappa shape index (κ2) is 7.58. The molecular formula is C16H18N4O6. The van der Waals surface area contributed by atoms with Gasteiger partial charge < -0.3 is 14.4 Å². The van der Waals surface area contributed by atoms with Gasteiger partial charge in [-0.15, -0.1) is 0 Å². The van der Waals surface area contributed by atoms with E-state index in [-0.39, 0.29) is 41.5 Å². The minimum atomic E-state index is -0.578. The lowest BCUT2D eigenvalue weighted by molar-refractivity contribution is -0.384. The van der Waals surface area contributed by atoms with Gasteiger partial charge in [0.05, 0.1) is 42.2 Å². The van der Waals surface area contributed by atoms with Gasteiger partial charge in [-0.2, -0.15) is 0 Å². The van der Waals surface area contributed by atoms with E-state index in [1.54, 1.807) is 4.90 Å². The van der Waals surface area contributed by atoms with Crippen LogP contribution >= 0.6 is 0 Å². The highest BCUT2D eigenvalue weighted by atomic mass is 16.6. The maximum atomic E-state index is 12.9. The number of nitro groups is 1. The molecule has 1 aromatic carbocycles. The average Bonchev–Trinajstić information content (AvgIpc) is 2.67. The highest BCUT2D eigenvalue weighted by molar-refractivity contribution is 5.93. The van der Waals surface area contributed by atoms with Crippen LogP contribution in [0.1, 0.15) is 10.6 Å². The van der Waals surface area contributed by atoms with Crippen LogP contribution in [0.25, 0.3) is 10.9 Å². The van der Waals surface area contributed by atoms with E-state index >= 15 is 0 Å². The van der Waals surface area contributed by atoms with Crippen LogP contribution in [-0.2, 0) is 16.0 Å². The number of hydrogen-bond donors (Lipinski definition) is 0. The first-order valence-electron chi connectivity index (χ1n) is 8.08. The minimum absolute atomic E-state index is 0.00435. The topological polar surface area (TPSA) is 117 Å². The molecule has 3 rings (SSSR count). The van der Waals surface area contributed by atoms with Crippen molar-refractivity contribution in [2.24, 2.45) is 0 Å². The number of nitrogens with zero attached hydrogens (tertiary/aromatic N) is 4. The van der Waals surface area contributed by atoms with Crippen molar-refractivity contribution in [1.29, 1.82) is 0 Å². The largest absolute Gasteiger partial charge is 0.383 e. The number of amides is 1. The fourth-order valence-electron chi connectivity index (χ4n) is 2.78. The summed E-state index contributed by atoms with van der Waals surface area (Å²) >= 11 is 0. The number of non-ortho nitro benzene ring substituents is 1. The number of aromatic nitrogens is 2. The molecule has 0 saturated carbocycles. The van der Waals surface area contributed by atoms with Gasteiger partial charge in [0, 0.05) is 32.3 Å². The second-order valence-corrected chi connectivity index (χ2v) is 5.75. The molecule has 0 unspecified atom stereocenters. The van der Waals surface area contributed by atoms with Gasteiger partial charge in [-0.3, -0.25) is 24.3 Å². The molecule has 0 atom stereocenters. The predicted molar refractivity (Wildman–Crippen MR) is 91.3 cm³/mol. The van der Waals surface area contributed by atoms with Crippen molar-refractivity contribution >= 4 is 22.5 Å². The second-order valence-electron chi connectivity index (χ2n) is 5.75. The van der Waals surface area contributed by atoms with E-state index < -0.39 is 10.5 Å². The van der Waals surface area contributed by atoms with Crippen molar-refractivity contribution in [2.75, 3.05) is 40.0 Å². The molecule has 0 radical (unpaired) electrons. The molecule has 138 valence electrons. The SMILES string of the molecule is COCCn1c(C(=O)N2CCOCC2)nc2ccc([N+](=O)[O-])cc2c1=O. The summed E-state index contributed by atoms with van der Waals surface area (Å²) < 4.78 is 11.5. The first-order valence-corrected chi connectivity index (χ1v) is 8.08. The molecule has 26 heavy (non-hydrogen) atoms. The first kappa shape index (κ1) is 18.0. The summed E-state index contributed by atoms with van der Waals surface area (Å²) in [5, 5.41) is 11.1. The quantitative estimate of drug-likeness (QED) is 0.559. The van der Waals surface area contributed by atoms with Crippen LogP contribution in [0.5, 0.6) is 0 Å².